The lowest BCUT2D eigenvalue weighted by molar-refractivity contribution is 0.303. The van der Waals surface area contributed by atoms with Crippen molar-refractivity contribution in [3.63, 3.8) is 0 Å². The van der Waals surface area contributed by atoms with Gasteiger partial charge in [-0.15, -0.1) is 5.10 Å². The van der Waals surface area contributed by atoms with Crippen LogP contribution >= 0.6 is 0 Å². The number of hydrogen-bond donors (Lipinski definition) is 1. The summed E-state index contributed by atoms with van der Waals surface area (Å²) in [4.78, 5) is 0. The Bertz CT molecular complexity index is 168. The van der Waals surface area contributed by atoms with Crippen LogP contribution in [0.5, 0.6) is 11.6 Å². The molecule has 0 atom stereocenters. The zero-order chi connectivity index (χ0) is 5.98. The van der Waals surface area contributed by atoms with Crippen molar-refractivity contribution in [1.82, 2.24) is 10.2 Å². The van der Waals surface area contributed by atoms with Crippen molar-refractivity contribution in [2.24, 2.45) is 0 Å². The summed E-state index contributed by atoms with van der Waals surface area (Å²) in [6.07, 6.45) is 1.25. The SMILES string of the molecule is [O]c1nnccc1O. The average Bonchev–Trinajstić information content (AvgIpc) is 1.77. The second-order valence-corrected chi connectivity index (χ2v) is 1.22. The number of aromatic hydroxyl groups is 1. The Hall–Kier alpha value is -1.32. The van der Waals surface area contributed by atoms with Gasteiger partial charge in [0.1, 0.15) is 0 Å². The smallest absolute Gasteiger partial charge is 0.330 e. The Morgan fingerprint density at radius 1 is 1.62 bits per heavy atom. The molecule has 41 valence electrons. The molecule has 1 heterocycles. The predicted molar refractivity (Wildman–Crippen MR) is 23.8 cm³/mol. The van der Waals surface area contributed by atoms with Crippen molar-refractivity contribution in [3.05, 3.63) is 12.3 Å². The van der Waals surface area contributed by atoms with E-state index in [9.17, 15) is 5.11 Å². The van der Waals surface area contributed by atoms with E-state index >= 15 is 0 Å². The van der Waals surface area contributed by atoms with E-state index < -0.39 is 5.88 Å². The summed E-state index contributed by atoms with van der Waals surface area (Å²) in [7, 11) is 0. The van der Waals surface area contributed by atoms with Gasteiger partial charge in [0.2, 0.25) is 0 Å². The fraction of sp³-hybridized carbons (Fsp3) is 0. The minimum atomic E-state index is -0.687. The lowest BCUT2D eigenvalue weighted by Gasteiger charge is -1.85. The molecule has 4 heteroatoms. The second kappa shape index (κ2) is 1.65. The van der Waals surface area contributed by atoms with E-state index in [0.717, 1.165) is 0 Å². The van der Waals surface area contributed by atoms with Gasteiger partial charge in [-0.2, -0.15) is 5.10 Å². The maximum atomic E-state index is 10.2. The van der Waals surface area contributed by atoms with Crippen molar-refractivity contribution in [2.45, 2.75) is 0 Å². The lowest BCUT2D eigenvalue weighted by Crippen LogP contribution is -1.76. The van der Waals surface area contributed by atoms with Crippen LogP contribution in [0, 0.1) is 0 Å². The third-order valence-electron chi connectivity index (χ3n) is 0.667. The monoisotopic (exact) mass is 111 g/mol. The highest BCUT2D eigenvalue weighted by Crippen LogP contribution is 2.17. The molecular weight excluding hydrogens is 108 g/mol. The highest BCUT2D eigenvalue weighted by Gasteiger charge is 1.97. The first-order valence-corrected chi connectivity index (χ1v) is 1.98. The number of rotatable bonds is 0. The minimum Gasteiger partial charge on any atom is -0.503 e. The summed E-state index contributed by atoms with van der Waals surface area (Å²) in [5.41, 5.74) is 0. The van der Waals surface area contributed by atoms with Crippen LogP contribution < -0.4 is 0 Å². The van der Waals surface area contributed by atoms with Gasteiger partial charge in [0, 0.05) is 6.07 Å². The quantitative estimate of drug-likeness (QED) is 0.524. The summed E-state index contributed by atoms with van der Waals surface area (Å²) >= 11 is 0. The Labute approximate surface area is 45.4 Å². The highest BCUT2D eigenvalue weighted by atomic mass is 16.3. The second-order valence-electron chi connectivity index (χ2n) is 1.22. The maximum Gasteiger partial charge on any atom is 0.330 e. The highest BCUT2D eigenvalue weighted by molar-refractivity contribution is 5.26. The molecule has 0 saturated heterocycles. The Morgan fingerprint density at radius 3 is 2.75 bits per heavy atom. The van der Waals surface area contributed by atoms with Crippen molar-refractivity contribution in [2.75, 3.05) is 0 Å². The van der Waals surface area contributed by atoms with Gasteiger partial charge in [-0.25, -0.2) is 0 Å². The van der Waals surface area contributed by atoms with Crippen molar-refractivity contribution in [3.8, 4) is 11.6 Å². The van der Waals surface area contributed by atoms with Crippen LogP contribution in [-0.4, -0.2) is 15.3 Å². The first-order valence-electron chi connectivity index (χ1n) is 1.98. The molecule has 0 unspecified atom stereocenters. The molecule has 0 aliphatic heterocycles. The summed E-state index contributed by atoms with van der Waals surface area (Å²) in [5.74, 6) is -1.05. The minimum absolute atomic E-state index is 0.361. The molecule has 1 radical (unpaired) electrons. The van der Waals surface area contributed by atoms with Gasteiger partial charge in [-0.3, -0.25) is 5.11 Å². The zero-order valence-electron chi connectivity index (χ0n) is 3.90. The average molecular weight is 111 g/mol. The number of hydrogen-bond acceptors (Lipinski definition) is 3. The van der Waals surface area contributed by atoms with E-state index in [2.05, 4.69) is 10.2 Å². The standard InChI is InChI=1S/C4H3N2O2/c7-3-1-2-5-6-4(3)8/h1-2H,(H,5,7). The Balaban J connectivity index is 3.13. The van der Waals surface area contributed by atoms with Crippen LogP contribution in [0.4, 0.5) is 0 Å². The topological polar surface area (TPSA) is 65.9 Å². The third kappa shape index (κ3) is 0.676. The van der Waals surface area contributed by atoms with E-state index in [1.807, 2.05) is 0 Å². The largest absolute Gasteiger partial charge is 0.503 e. The third-order valence-corrected chi connectivity index (χ3v) is 0.667. The van der Waals surface area contributed by atoms with Crippen molar-refractivity contribution >= 4 is 0 Å². The molecule has 1 aromatic rings. The molecule has 0 saturated carbocycles. The zero-order valence-corrected chi connectivity index (χ0v) is 3.90. The molecular formula is C4H3N2O2. The van der Waals surface area contributed by atoms with Crippen LogP contribution in [0.1, 0.15) is 0 Å². The van der Waals surface area contributed by atoms with Crippen LogP contribution in [0.25, 0.3) is 0 Å². The van der Waals surface area contributed by atoms with Crippen LogP contribution in [0.3, 0.4) is 0 Å². The van der Waals surface area contributed by atoms with Crippen molar-refractivity contribution < 1.29 is 10.2 Å². The normalized spacial score (nSPS) is 9.00. The van der Waals surface area contributed by atoms with Gasteiger partial charge >= 0.3 is 5.88 Å². The summed E-state index contributed by atoms with van der Waals surface area (Å²) in [6, 6.07) is 1.19. The van der Waals surface area contributed by atoms with E-state index in [4.69, 9.17) is 5.11 Å². The molecule has 1 N–H and O–H groups in total. The van der Waals surface area contributed by atoms with Gasteiger partial charge in [0.15, 0.2) is 5.75 Å². The predicted octanol–water partition coefficient (Wildman–Crippen LogP) is 0.326. The van der Waals surface area contributed by atoms with E-state index in [-0.39, 0.29) is 5.75 Å². The summed E-state index contributed by atoms with van der Waals surface area (Å²) in [5, 5.41) is 24.9. The molecule has 0 aromatic carbocycles. The van der Waals surface area contributed by atoms with E-state index in [0.29, 0.717) is 0 Å². The lowest BCUT2D eigenvalue weighted by atomic mass is 10.5. The molecule has 0 spiro atoms. The van der Waals surface area contributed by atoms with E-state index in [1.54, 1.807) is 0 Å². The molecule has 0 aliphatic rings. The van der Waals surface area contributed by atoms with E-state index in [1.165, 1.54) is 12.3 Å². The fourth-order valence-corrected chi connectivity index (χ4v) is 0.312. The van der Waals surface area contributed by atoms with Gasteiger partial charge in [-0.05, 0) is 0 Å². The van der Waals surface area contributed by atoms with Crippen LogP contribution in [0.15, 0.2) is 12.3 Å². The van der Waals surface area contributed by atoms with Gasteiger partial charge in [-0.1, -0.05) is 0 Å². The Morgan fingerprint density at radius 2 is 2.38 bits per heavy atom. The molecule has 1 aromatic heterocycles. The first-order chi connectivity index (χ1) is 3.80. The fourth-order valence-electron chi connectivity index (χ4n) is 0.312. The van der Waals surface area contributed by atoms with Gasteiger partial charge in [0.25, 0.3) is 0 Å². The van der Waals surface area contributed by atoms with Crippen molar-refractivity contribution in [1.29, 1.82) is 0 Å². The van der Waals surface area contributed by atoms with Crippen LogP contribution in [0.2, 0.25) is 0 Å². The molecule has 8 heavy (non-hydrogen) atoms. The van der Waals surface area contributed by atoms with Crippen LogP contribution in [-0.2, 0) is 5.11 Å². The van der Waals surface area contributed by atoms with Gasteiger partial charge in [0.05, 0.1) is 6.20 Å². The first kappa shape index (κ1) is 4.83. The van der Waals surface area contributed by atoms with Gasteiger partial charge < -0.3 is 5.11 Å². The maximum absolute atomic E-state index is 10.2. The number of nitrogens with zero attached hydrogens (tertiary/aromatic N) is 2. The molecule has 4 nitrogen and oxygen atoms in total. The molecule has 0 amide bonds. The Kier molecular flexibility index (Phi) is 0.997. The molecule has 1 rings (SSSR count). The summed E-state index contributed by atoms with van der Waals surface area (Å²) in [6.45, 7) is 0. The molecule has 0 fully saturated rings. The number of aromatic nitrogens is 2. The molecule has 0 bridgehead atoms. The summed E-state index contributed by atoms with van der Waals surface area (Å²) < 4.78 is 0. The molecule has 0 aliphatic carbocycles.